The summed E-state index contributed by atoms with van der Waals surface area (Å²) >= 11 is 3.37. The van der Waals surface area contributed by atoms with Crippen molar-refractivity contribution in [3.05, 3.63) is 63.6 Å². The highest BCUT2D eigenvalue weighted by Crippen LogP contribution is 2.13. The van der Waals surface area contributed by atoms with E-state index in [-0.39, 0.29) is 12.5 Å². The van der Waals surface area contributed by atoms with Crippen LogP contribution >= 0.6 is 15.9 Å². The molecule has 0 aliphatic heterocycles. The van der Waals surface area contributed by atoms with Crippen molar-refractivity contribution in [1.29, 1.82) is 0 Å². The highest BCUT2D eigenvalue weighted by Gasteiger charge is 2.03. The molecule has 0 aliphatic rings. The van der Waals surface area contributed by atoms with E-state index in [0.29, 0.717) is 0 Å². The zero-order valence-electron chi connectivity index (χ0n) is 13.5. The maximum atomic E-state index is 11.9. The molecule has 0 spiro atoms. The van der Waals surface area contributed by atoms with E-state index in [2.05, 4.69) is 57.8 Å². The fraction of sp³-hybridized carbons (Fsp3) is 0.222. The SMILES string of the molecule is C/C(=N/NC(=O)CNc1ccc(Br)cc1)c1ccc(C)c(C)c1. The number of hydrogen-bond donors (Lipinski definition) is 2. The minimum atomic E-state index is -0.184. The Kier molecular flexibility index (Phi) is 5.93. The maximum absolute atomic E-state index is 11.9. The molecular formula is C18H20BrN3O. The van der Waals surface area contributed by atoms with E-state index in [1.807, 2.05) is 37.3 Å². The van der Waals surface area contributed by atoms with Gasteiger partial charge in [0.05, 0.1) is 12.3 Å². The van der Waals surface area contributed by atoms with Crippen LogP contribution in [0.15, 0.2) is 52.0 Å². The lowest BCUT2D eigenvalue weighted by atomic mass is 10.0. The lowest BCUT2D eigenvalue weighted by Crippen LogP contribution is -2.26. The Morgan fingerprint density at radius 1 is 1.09 bits per heavy atom. The second kappa shape index (κ2) is 7.92. The molecule has 4 nitrogen and oxygen atoms in total. The summed E-state index contributed by atoms with van der Waals surface area (Å²) in [6.45, 7) is 6.19. The Balaban J connectivity index is 1.89. The van der Waals surface area contributed by atoms with E-state index in [0.717, 1.165) is 21.4 Å². The zero-order chi connectivity index (χ0) is 16.8. The summed E-state index contributed by atoms with van der Waals surface area (Å²) in [6.07, 6.45) is 0. The fourth-order valence-electron chi connectivity index (χ4n) is 1.97. The van der Waals surface area contributed by atoms with Crippen molar-refractivity contribution in [2.45, 2.75) is 20.8 Å². The van der Waals surface area contributed by atoms with Crippen molar-refractivity contribution in [2.75, 3.05) is 11.9 Å². The Labute approximate surface area is 145 Å². The first-order valence-corrected chi connectivity index (χ1v) is 8.15. The van der Waals surface area contributed by atoms with Gasteiger partial charge in [0, 0.05) is 10.2 Å². The van der Waals surface area contributed by atoms with Crippen LogP contribution < -0.4 is 10.7 Å². The summed E-state index contributed by atoms with van der Waals surface area (Å²) in [6, 6.07) is 13.8. The number of nitrogens with zero attached hydrogens (tertiary/aromatic N) is 1. The molecule has 0 bridgehead atoms. The highest BCUT2D eigenvalue weighted by molar-refractivity contribution is 9.10. The number of hydrogen-bond acceptors (Lipinski definition) is 3. The molecule has 0 radical (unpaired) electrons. The van der Waals surface area contributed by atoms with Gasteiger partial charge in [-0.05, 0) is 67.8 Å². The number of carbonyl (C=O) groups excluding carboxylic acids is 1. The predicted molar refractivity (Wildman–Crippen MR) is 98.9 cm³/mol. The summed E-state index contributed by atoms with van der Waals surface area (Å²) in [4.78, 5) is 11.9. The van der Waals surface area contributed by atoms with Crippen molar-refractivity contribution in [3.8, 4) is 0 Å². The number of carbonyl (C=O) groups is 1. The molecular weight excluding hydrogens is 354 g/mol. The molecule has 0 fully saturated rings. The molecule has 23 heavy (non-hydrogen) atoms. The van der Waals surface area contributed by atoms with Gasteiger partial charge >= 0.3 is 0 Å². The Morgan fingerprint density at radius 2 is 1.78 bits per heavy atom. The van der Waals surface area contributed by atoms with Crippen LogP contribution in [0.5, 0.6) is 0 Å². The maximum Gasteiger partial charge on any atom is 0.259 e. The van der Waals surface area contributed by atoms with E-state index in [1.54, 1.807) is 0 Å². The second-order valence-electron chi connectivity index (χ2n) is 5.39. The molecule has 0 heterocycles. The minimum absolute atomic E-state index is 0.172. The van der Waals surface area contributed by atoms with Gasteiger partial charge in [0.1, 0.15) is 0 Å². The summed E-state index contributed by atoms with van der Waals surface area (Å²) in [7, 11) is 0. The Hall–Kier alpha value is -2.14. The van der Waals surface area contributed by atoms with Crippen molar-refractivity contribution in [1.82, 2.24) is 5.43 Å². The Morgan fingerprint density at radius 3 is 2.43 bits per heavy atom. The smallest absolute Gasteiger partial charge is 0.259 e. The van der Waals surface area contributed by atoms with Crippen LogP contribution in [0.1, 0.15) is 23.6 Å². The normalized spacial score (nSPS) is 11.2. The summed E-state index contributed by atoms with van der Waals surface area (Å²) in [5, 5.41) is 7.21. The number of amides is 1. The van der Waals surface area contributed by atoms with Gasteiger partial charge in [0.15, 0.2) is 0 Å². The Bertz CT molecular complexity index is 724. The van der Waals surface area contributed by atoms with Gasteiger partial charge in [0.2, 0.25) is 0 Å². The van der Waals surface area contributed by atoms with Crippen LogP contribution in [0.2, 0.25) is 0 Å². The van der Waals surface area contributed by atoms with Crippen molar-refractivity contribution < 1.29 is 4.79 Å². The molecule has 0 atom stereocenters. The molecule has 0 aromatic heterocycles. The molecule has 0 aliphatic carbocycles. The fourth-order valence-corrected chi connectivity index (χ4v) is 2.23. The average molecular weight is 374 g/mol. The number of hydrazone groups is 1. The zero-order valence-corrected chi connectivity index (χ0v) is 15.1. The topological polar surface area (TPSA) is 53.5 Å². The van der Waals surface area contributed by atoms with E-state index >= 15 is 0 Å². The molecule has 2 aromatic rings. The van der Waals surface area contributed by atoms with E-state index in [1.165, 1.54) is 11.1 Å². The van der Waals surface area contributed by atoms with E-state index < -0.39 is 0 Å². The summed E-state index contributed by atoms with van der Waals surface area (Å²) < 4.78 is 1.00. The van der Waals surface area contributed by atoms with Crippen molar-refractivity contribution >= 4 is 33.2 Å². The number of rotatable bonds is 5. The lowest BCUT2D eigenvalue weighted by Gasteiger charge is -2.07. The standard InChI is InChI=1S/C18H20BrN3O/c1-12-4-5-15(10-13(12)2)14(3)21-22-18(23)11-20-17-8-6-16(19)7-9-17/h4-10,20H,11H2,1-3H3,(H,22,23)/b21-14-. The van der Waals surface area contributed by atoms with Crippen molar-refractivity contribution in [2.24, 2.45) is 5.10 Å². The molecule has 0 saturated carbocycles. The van der Waals surface area contributed by atoms with Crippen LogP contribution in [0.4, 0.5) is 5.69 Å². The van der Waals surface area contributed by atoms with Gasteiger partial charge in [-0.3, -0.25) is 4.79 Å². The first kappa shape index (κ1) is 17.2. The molecule has 2 rings (SSSR count). The summed E-state index contributed by atoms with van der Waals surface area (Å²) in [5.41, 5.74) is 7.70. The molecule has 5 heteroatoms. The summed E-state index contributed by atoms with van der Waals surface area (Å²) in [5.74, 6) is -0.184. The minimum Gasteiger partial charge on any atom is -0.376 e. The number of aryl methyl sites for hydroxylation is 2. The third-order valence-electron chi connectivity index (χ3n) is 3.57. The van der Waals surface area contributed by atoms with Gasteiger partial charge < -0.3 is 5.32 Å². The number of halogens is 1. The van der Waals surface area contributed by atoms with Crippen LogP contribution in [-0.2, 0) is 4.79 Å². The molecule has 2 N–H and O–H groups in total. The second-order valence-corrected chi connectivity index (χ2v) is 6.31. The molecule has 0 unspecified atom stereocenters. The monoisotopic (exact) mass is 373 g/mol. The number of anilines is 1. The van der Waals surface area contributed by atoms with Crippen LogP contribution in [0, 0.1) is 13.8 Å². The van der Waals surface area contributed by atoms with Gasteiger partial charge in [0.25, 0.3) is 5.91 Å². The van der Waals surface area contributed by atoms with Crippen LogP contribution in [0.25, 0.3) is 0 Å². The van der Waals surface area contributed by atoms with Crippen LogP contribution in [-0.4, -0.2) is 18.2 Å². The first-order valence-electron chi connectivity index (χ1n) is 7.36. The van der Waals surface area contributed by atoms with Gasteiger partial charge in [-0.15, -0.1) is 0 Å². The van der Waals surface area contributed by atoms with E-state index in [4.69, 9.17) is 0 Å². The van der Waals surface area contributed by atoms with Gasteiger partial charge in [-0.25, -0.2) is 5.43 Å². The van der Waals surface area contributed by atoms with Gasteiger partial charge in [-0.2, -0.15) is 5.10 Å². The number of benzene rings is 2. The highest BCUT2D eigenvalue weighted by atomic mass is 79.9. The third-order valence-corrected chi connectivity index (χ3v) is 4.10. The average Bonchev–Trinajstić information content (AvgIpc) is 2.54. The number of nitrogens with one attached hydrogen (secondary N) is 2. The van der Waals surface area contributed by atoms with Crippen LogP contribution in [0.3, 0.4) is 0 Å². The van der Waals surface area contributed by atoms with Gasteiger partial charge in [-0.1, -0.05) is 28.1 Å². The quantitative estimate of drug-likeness (QED) is 0.614. The predicted octanol–water partition coefficient (Wildman–Crippen LogP) is 4.02. The molecule has 120 valence electrons. The largest absolute Gasteiger partial charge is 0.376 e. The third kappa shape index (κ3) is 5.21. The molecule has 0 saturated heterocycles. The van der Waals surface area contributed by atoms with Crippen molar-refractivity contribution in [3.63, 3.8) is 0 Å². The van der Waals surface area contributed by atoms with E-state index in [9.17, 15) is 4.79 Å². The lowest BCUT2D eigenvalue weighted by molar-refractivity contribution is -0.119. The first-order chi connectivity index (χ1) is 11.0. The molecule has 2 aromatic carbocycles. The molecule has 1 amide bonds.